The molecule has 0 aliphatic carbocycles. The van der Waals surface area contributed by atoms with E-state index in [4.69, 9.17) is 9.29 Å². The van der Waals surface area contributed by atoms with Gasteiger partial charge in [0.15, 0.2) is 0 Å². The minimum absolute atomic E-state index is 0.0666. The smallest absolute Gasteiger partial charge is 0.294 e. The lowest BCUT2D eigenvalue weighted by atomic mass is 10.2. The Kier molecular flexibility index (Phi) is 5.93. The van der Waals surface area contributed by atoms with Crippen LogP contribution in [0.1, 0.15) is 19.4 Å². The van der Waals surface area contributed by atoms with Crippen molar-refractivity contribution in [2.45, 2.75) is 37.9 Å². The normalized spacial score (nSPS) is 23.4. The highest BCUT2D eigenvalue weighted by atomic mass is 32.2. The molecule has 1 aliphatic heterocycles. The zero-order valence-electron chi connectivity index (χ0n) is 11.5. The summed E-state index contributed by atoms with van der Waals surface area (Å²) in [6.45, 7) is 8.02. The first-order chi connectivity index (χ1) is 8.79. The van der Waals surface area contributed by atoms with E-state index >= 15 is 0 Å². The molecule has 0 bridgehead atoms. The third-order valence-corrected chi connectivity index (χ3v) is 3.51. The summed E-state index contributed by atoms with van der Waals surface area (Å²) in [4.78, 5) is -0.0666. The zero-order valence-corrected chi connectivity index (χ0v) is 12.3. The van der Waals surface area contributed by atoms with Gasteiger partial charge in [-0.25, -0.2) is 0 Å². The van der Waals surface area contributed by atoms with Crippen LogP contribution in [-0.4, -0.2) is 38.3 Å². The Balaban J connectivity index is 0.000000200. The lowest BCUT2D eigenvalue weighted by Crippen LogP contribution is -2.41. The Hall–Kier alpha value is -0.950. The Morgan fingerprint density at radius 2 is 1.63 bits per heavy atom. The summed E-state index contributed by atoms with van der Waals surface area (Å²) < 4.78 is 35.0. The summed E-state index contributed by atoms with van der Waals surface area (Å²) >= 11 is 0. The minimum Gasteiger partial charge on any atom is -0.373 e. The first-order valence-electron chi connectivity index (χ1n) is 6.19. The summed E-state index contributed by atoms with van der Waals surface area (Å²) in [7, 11) is -4.02. The van der Waals surface area contributed by atoms with Crippen molar-refractivity contribution in [3.63, 3.8) is 0 Å². The van der Waals surface area contributed by atoms with Crippen LogP contribution in [0.5, 0.6) is 0 Å². The number of hydrogen-bond acceptors (Lipinski definition) is 4. The van der Waals surface area contributed by atoms with Crippen molar-refractivity contribution in [1.82, 2.24) is 5.32 Å². The van der Waals surface area contributed by atoms with Gasteiger partial charge in [0.1, 0.15) is 0 Å². The van der Waals surface area contributed by atoms with E-state index in [-0.39, 0.29) is 4.90 Å². The molecule has 2 rings (SSSR count). The molecule has 1 heterocycles. The van der Waals surface area contributed by atoms with Gasteiger partial charge in [0.2, 0.25) is 0 Å². The number of morpholine rings is 1. The van der Waals surface area contributed by atoms with E-state index in [1.807, 2.05) is 6.92 Å². The molecule has 1 aliphatic rings. The second kappa shape index (κ2) is 7.00. The first kappa shape index (κ1) is 16.1. The summed E-state index contributed by atoms with van der Waals surface area (Å²) in [6.07, 6.45) is 0.803. The van der Waals surface area contributed by atoms with Crippen molar-refractivity contribution in [3.05, 3.63) is 29.8 Å². The van der Waals surface area contributed by atoms with Crippen LogP contribution in [0.2, 0.25) is 0 Å². The SMILES string of the molecule is CC1CNCC(C)O1.Cc1ccc(S(=O)(=O)O)cc1. The summed E-state index contributed by atoms with van der Waals surface area (Å²) in [5.41, 5.74) is 0.956. The van der Waals surface area contributed by atoms with Crippen LogP contribution in [-0.2, 0) is 14.9 Å². The van der Waals surface area contributed by atoms with Gasteiger partial charge in [-0.05, 0) is 32.9 Å². The average molecular weight is 287 g/mol. The van der Waals surface area contributed by atoms with Crippen molar-refractivity contribution in [3.8, 4) is 0 Å². The molecular formula is C13H21NO4S. The average Bonchev–Trinajstić information content (AvgIpc) is 2.28. The van der Waals surface area contributed by atoms with E-state index in [0.717, 1.165) is 18.7 Å². The number of rotatable bonds is 1. The number of nitrogens with one attached hydrogen (secondary N) is 1. The van der Waals surface area contributed by atoms with Crippen molar-refractivity contribution >= 4 is 10.1 Å². The first-order valence-corrected chi connectivity index (χ1v) is 7.63. The van der Waals surface area contributed by atoms with Crippen LogP contribution in [0.3, 0.4) is 0 Å². The second-order valence-corrected chi connectivity index (χ2v) is 6.13. The second-order valence-electron chi connectivity index (χ2n) is 4.70. The highest BCUT2D eigenvalue weighted by Crippen LogP contribution is 2.08. The Bertz CT molecular complexity index is 476. The Labute approximate surface area is 114 Å². The fourth-order valence-corrected chi connectivity index (χ4v) is 2.17. The molecular weight excluding hydrogens is 266 g/mol. The molecule has 0 radical (unpaired) electrons. The van der Waals surface area contributed by atoms with Gasteiger partial charge < -0.3 is 10.1 Å². The van der Waals surface area contributed by atoms with Gasteiger partial charge in [-0.1, -0.05) is 17.7 Å². The van der Waals surface area contributed by atoms with E-state index in [2.05, 4.69) is 19.2 Å². The molecule has 6 heteroatoms. The van der Waals surface area contributed by atoms with Crippen molar-refractivity contribution < 1.29 is 17.7 Å². The maximum absolute atomic E-state index is 10.5. The molecule has 2 atom stereocenters. The van der Waals surface area contributed by atoms with Crippen LogP contribution >= 0.6 is 0 Å². The quantitative estimate of drug-likeness (QED) is 0.768. The fraction of sp³-hybridized carbons (Fsp3) is 0.538. The zero-order chi connectivity index (χ0) is 14.5. The van der Waals surface area contributed by atoms with Crippen molar-refractivity contribution in [2.75, 3.05) is 13.1 Å². The van der Waals surface area contributed by atoms with Crippen LogP contribution < -0.4 is 5.32 Å². The largest absolute Gasteiger partial charge is 0.373 e. The van der Waals surface area contributed by atoms with Crippen LogP contribution in [0.15, 0.2) is 29.2 Å². The third-order valence-electron chi connectivity index (χ3n) is 2.65. The topological polar surface area (TPSA) is 75.6 Å². The Morgan fingerprint density at radius 3 is 1.95 bits per heavy atom. The number of ether oxygens (including phenoxy) is 1. The van der Waals surface area contributed by atoms with E-state index in [0.29, 0.717) is 12.2 Å². The van der Waals surface area contributed by atoms with Gasteiger partial charge >= 0.3 is 0 Å². The van der Waals surface area contributed by atoms with E-state index < -0.39 is 10.1 Å². The summed E-state index contributed by atoms with van der Waals surface area (Å²) in [5, 5.41) is 3.26. The summed E-state index contributed by atoms with van der Waals surface area (Å²) in [5.74, 6) is 0. The molecule has 1 aromatic rings. The lowest BCUT2D eigenvalue weighted by molar-refractivity contribution is -0.0166. The lowest BCUT2D eigenvalue weighted by Gasteiger charge is -2.25. The molecule has 1 aromatic carbocycles. The maximum atomic E-state index is 10.5. The van der Waals surface area contributed by atoms with E-state index in [1.165, 1.54) is 12.1 Å². The van der Waals surface area contributed by atoms with Gasteiger partial charge in [-0.15, -0.1) is 0 Å². The highest BCUT2D eigenvalue weighted by Gasteiger charge is 2.12. The third kappa shape index (κ3) is 6.15. The predicted molar refractivity (Wildman–Crippen MR) is 73.9 cm³/mol. The molecule has 0 amide bonds. The Morgan fingerprint density at radius 1 is 1.16 bits per heavy atom. The van der Waals surface area contributed by atoms with Gasteiger partial charge in [-0.2, -0.15) is 8.42 Å². The maximum Gasteiger partial charge on any atom is 0.294 e. The molecule has 0 spiro atoms. The predicted octanol–water partition coefficient (Wildman–Crippen LogP) is 1.62. The minimum atomic E-state index is -4.02. The van der Waals surface area contributed by atoms with Gasteiger partial charge in [0.25, 0.3) is 10.1 Å². The van der Waals surface area contributed by atoms with Crippen LogP contribution in [0.25, 0.3) is 0 Å². The molecule has 108 valence electrons. The molecule has 0 saturated carbocycles. The van der Waals surface area contributed by atoms with Crippen molar-refractivity contribution in [1.29, 1.82) is 0 Å². The van der Waals surface area contributed by atoms with Gasteiger partial charge in [0, 0.05) is 13.1 Å². The standard InChI is InChI=1S/C7H8O3S.C6H13NO/c1-6-2-4-7(5-3-6)11(8,9)10;1-5-3-7-4-6(2)8-5/h2-5H,1H3,(H,8,9,10);5-7H,3-4H2,1-2H3. The number of hydrogen-bond donors (Lipinski definition) is 2. The van der Waals surface area contributed by atoms with E-state index in [1.54, 1.807) is 12.1 Å². The van der Waals surface area contributed by atoms with Crippen molar-refractivity contribution in [2.24, 2.45) is 0 Å². The highest BCUT2D eigenvalue weighted by molar-refractivity contribution is 7.85. The van der Waals surface area contributed by atoms with Crippen LogP contribution in [0.4, 0.5) is 0 Å². The van der Waals surface area contributed by atoms with E-state index in [9.17, 15) is 8.42 Å². The van der Waals surface area contributed by atoms with Gasteiger partial charge in [0.05, 0.1) is 17.1 Å². The monoisotopic (exact) mass is 287 g/mol. The molecule has 19 heavy (non-hydrogen) atoms. The molecule has 5 nitrogen and oxygen atoms in total. The molecule has 2 N–H and O–H groups in total. The number of benzene rings is 1. The number of aryl methyl sites for hydroxylation is 1. The molecule has 1 fully saturated rings. The fourth-order valence-electron chi connectivity index (χ4n) is 1.69. The molecule has 2 unspecified atom stereocenters. The molecule has 0 aromatic heterocycles. The van der Waals surface area contributed by atoms with Crippen LogP contribution in [0, 0.1) is 6.92 Å². The van der Waals surface area contributed by atoms with Gasteiger partial charge in [-0.3, -0.25) is 4.55 Å². The molecule has 1 saturated heterocycles. The summed E-state index contributed by atoms with van der Waals surface area (Å²) in [6, 6.07) is 5.99.